The summed E-state index contributed by atoms with van der Waals surface area (Å²) < 4.78 is 24.7. The minimum atomic E-state index is -3.91. The fourth-order valence-electron chi connectivity index (χ4n) is 1.26. The SMILES string of the molecule is CN(C)S(=O)(=O)c1cc(C(=O)O)c([N+](=O)[O-])cc1Br. The van der Waals surface area contributed by atoms with Crippen LogP contribution < -0.4 is 0 Å². The van der Waals surface area contributed by atoms with E-state index in [1.807, 2.05) is 0 Å². The van der Waals surface area contributed by atoms with E-state index in [4.69, 9.17) is 5.11 Å². The van der Waals surface area contributed by atoms with Gasteiger partial charge in [-0.05, 0) is 22.0 Å². The molecule has 8 nitrogen and oxygen atoms in total. The molecule has 0 amide bonds. The van der Waals surface area contributed by atoms with Crippen molar-refractivity contribution in [3.8, 4) is 0 Å². The van der Waals surface area contributed by atoms with Gasteiger partial charge in [0.1, 0.15) is 5.56 Å². The van der Waals surface area contributed by atoms with Gasteiger partial charge < -0.3 is 5.11 Å². The maximum absolute atomic E-state index is 11.9. The average Bonchev–Trinajstić information content (AvgIpc) is 2.27. The van der Waals surface area contributed by atoms with Gasteiger partial charge in [-0.1, -0.05) is 0 Å². The van der Waals surface area contributed by atoms with Gasteiger partial charge in [0.05, 0.1) is 9.82 Å². The van der Waals surface area contributed by atoms with Crippen LogP contribution in [0, 0.1) is 10.1 Å². The van der Waals surface area contributed by atoms with Crippen molar-refractivity contribution in [2.75, 3.05) is 14.1 Å². The lowest BCUT2D eigenvalue weighted by Gasteiger charge is -2.13. The van der Waals surface area contributed by atoms with Crippen molar-refractivity contribution in [1.82, 2.24) is 4.31 Å². The number of carboxylic acid groups (broad SMARTS) is 1. The number of nitro groups is 1. The molecule has 0 aliphatic rings. The van der Waals surface area contributed by atoms with Crippen LogP contribution in [0.25, 0.3) is 0 Å². The average molecular weight is 353 g/mol. The summed E-state index contributed by atoms with van der Waals surface area (Å²) in [4.78, 5) is 20.5. The van der Waals surface area contributed by atoms with Gasteiger partial charge in [-0.3, -0.25) is 10.1 Å². The highest BCUT2D eigenvalue weighted by molar-refractivity contribution is 9.10. The van der Waals surface area contributed by atoms with Crippen molar-refractivity contribution >= 4 is 37.6 Å². The van der Waals surface area contributed by atoms with E-state index in [-0.39, 0.29) is 9.37 Å². The molecule has 1 aromatic carbocycles. The van der Waals surface area contributed by atoms with Gasteiger partial charge in [-0.15, -0.1) is 0 Å². The predicted molar refractivity (Wildman–Crippen MR) is 68.6 cm³/mol. The number of hydrogen-bond donors (Lipinski definition) is 1. The summed E-state index contributed by atoms with van der Waals surface area (Å²) in [7, 11) is -1.37. The maximum atomic E-state index is 11.9. The third kappa shape index (κ3) is 2.91. The number of nitro benzene ring substituents is 1. The first kappa shape index (κ1) is 15.5. The van der Waals surface area contributed by atoms with Crippen molar-refractivity contribution < 1.29 is 23.2 Å². The van der Waals surface area contributed by atoms with Crippen LogP contribution in [-0.4, -0.2) is 42.8 Å². The molecule has 0 radical (unpaired) electrons. The Balaban J connectivity index is 3.69. The monoisotopic (exact) mass is 352 g/mol. The van der Waals surface area contributed by atoms with Crippen LogP contribution in [0.15, 0.2) is 21.5 Å². The zero-order valence-electron chi connectivity index (χ0n) is 9.82. The van der Waals surface area contributed by atoms with E-state index in [1.165, 1.54) is 14.1 Å². The summed E-state index contributed by atoms with van der Waals surface area (Å²) in [5.41, 5.74) is -1.37. The number of rotatable bonds is 4. The molecule has 0 unspecified atom stereocenters. The Morgan fingerprint density at radius 3 is 2.32 bits per heavy atom. The van der Waals surface area contributed by atoms with Gasteiger partial charge in [0, 0.05) is 24.6 Å². The largest absolute Gasteiger partial charge is 0.477 e. The van der Waals surface area contributed by atoms with Gasteiger partial charge >= 0.3 is 5.97 Å². The summed E-state index contributed by atoms with van der Waals surface area (Å²) in [6, 6.07) is 1.62. The second-order valence-corrected chi connectivity index (χ2v) is 6.62. The third-order valence-electron chi connectivity index (χ3n) is 2.24. The van der Waals surface area contributed by atoms with Gasteiger partial charge in [0.15, 0.2) is 0 Å². The first-order chi connectivity index (χ1) is 8.59. The van der Waals surface area contributed by atoms with E-state index in [9.17, 15) is 23.3 Å². The van der Waals surface area contributed by atoms with E-state index in [0.717, 1.165) is 16.4 Å². The fourth-order valence-corrected chi connectivity index (χ4v) is 3.17. The van der Waals surface area contributed by atoms with Crippen molar-refractivity contribution in [2.24, 2.45) is 0 Å². The zero-order chi connectivity index (χ0) is 15.0. The second kappa shape index (κ2) is 5.23. The standard InChI is InChI=1S/C9H9BrN2O6S/c1-11(2)19(17,18)8-3-5(9(13)14)7(12(15)16)4-6(8)10/h3-4H,1-2H3,(H,13,14). The molecule has 0 fully saturated rings. The first-order valence-corrected chi connectivity index (χ1v) is 6.96. The number of aromatic carboxylic acids is 1. The molecular weight excluding hydrogens is 344 g/mol. The Morgan fingerprint density at radius 1 is 1.42 bits per heavy atom. The lowest BCUT2D eigenvalue weighted by molar-refractivity contribution is -0.385. The van der Waals surface area contributed by atoms with Crippen molar-refractivity contribution in [3.63, 3.8) is 0 Å². The van der Waals surface area contributed by atoms with E-state index >= 15 is 0 Å². The lowest BCUT2D eigenvalue weighted by Crippen LogP contribution is -2.23. The Labute approximate surface area is 117 Å². The first-order valence-electron chi connectivity index (χ1n) is 4.72. The lowest BCUT2D eigenvalue weighted by atomic mass is 10.2. The van der Waals surface area contributed by atoms with Gasteiger partial charge in [0.25, 0.3) is 5.69 Å². The highest BCUT2D eigenvalue weighted by atomic mass is 79.9. The van der Waals surface area contributed by atoms with Crippen LogP contribution in [0.1, 0.15) is 10.4 Å². The van der Waals surface area contributed by atoms with Crippen molar-refractivity contribution in [2.45, 2.75) is 4.90 Å². The van der Waals surface area contributed by atoms with E-state index < -0.39 is 32.2 Å². The van der Waals surface area contributed by atoms with Crippen molar-refractivity contribution in [3.05, 3.63) is 32.3 Å². The molecule has 0 saturated heterocycles. The molecule has 0 saturated carbocycles. The summed E-state index contributed by atoms with van der Waals surface area (Å²) >= 11 is 2.90. The van der Waals surface area contributed by atoms with Crippen LogP contribution in [0.4, 0.5) is 5.69 Å². The fraction of sp³-hybridized carbons (Fsp3) is 0.222. The normalized spacial score (nSPS) is 11.6. The molecule has 0 aliphatic carbocycles. The summed E-state index contributed by atoms with van der Waals surface area (Å²) in [5, 5.41) is 19.6. The molecule has 0 heterocycles. The Hall–Kier alpha value is -1.52. The number of carboxylic acids is 1. The Morgan fingerprint density at radius 2 is 1.95 bits per heavy atom. The predicted octanol–water partition coefficient (Wildman–Crippen LogP) is 1.31. The molecule has 1 rings (SSSR count). The zero-order valence-corrected chi connectivity index (χ0v) is 12.2. The summed E-state index contributed by atoms with van der Waals surface area (Å²) in [5.74, 6) is -1.57. The molecule has 0 atom stereocenters. The molecule has 0 aliphatic heterocycles. The Kier molecular flexibility index (Phi) is 4.28. The third-order valence-corrected chi connectivity index (χ3v) is 5.01. The minimum absolute atomic E-state index is 0.0714. The molecular formula is C9H9BrN2O6S. The number of benzene rings is 1. The molecule has 10 heteroatoms. The molecule has 1 aromatic rings. The molecule has 104 valence electrons. The minimum Gasteiger partial charge on any atom is -0.477 e. The highest BCUT2D eigenvalue weighted by Crippen LogP contribution is 2.31. The van der Waals surface area contributed by atoms with E-state index in [1.54, 1.807) is 0 Å². The summed E-state index contributed by atoms with van der Waals surface area (Å²) in [6.07, 6.45) is 0. The number of carbonyl (C=O) groups is 1. The van der Waals surface area contributed by atoms with Crippen LogP contribution in [0.3, 0.4) is 0 Å². The van der Waals surface area contributed by atoms with Crippen LogP contribution in [-0.2, 0) is 10.0 Å². The molecule has 0 aromatic heterocycles. The highest BCUT2D eigenvalue weighted by Gasteiger charge is 2.28. The number of halogens is 1. The number of nitrogens with zero attached hydrogens (tertiary/aromatic N) is 2. The van der Waals surface area contributed by atoms with Crippen LogP contribution in [0.5, 0.6) is 0 Å². The molecule has 19 heavy (non-hydrogen) atoms. The maximum Gasteiger partial charge on any atom is 0.342 e. The van der Waals surface area contributed by atoms with Crippen molar-refractivity contribution in [1.29, 1.82) is 0 Å². The Bertz CT molecular complexity index is 655. The number of hydrogen-bond acceptors (Lipinski definition) is 5. The quantitative estimate of drug-likeness (QED) is 0.644. The van der Waals surface area contributed by atoms with Gasteiger partial charge in [-0.2, -0.15) is 0 Å². The molecule has 0 spiro atoms. The van der Waals surface area contributed by atoms with E-state index in [0.29, 0.717) is 0 Å². The molecule has 1 N–H and O–H groups in total. The van der Waals surface area contributed by atoms with E-state index in [2.05, 4.69) is 15.9 Å². The van der Waals surface area contributed by atoms with Crippen LogP contribution >= 0.6 is 15.9 Å². The van der Waals surface area contributed by atoms with Gasteiger partial charge in [-0.25, -0.2) is 17.5 Å². The smallest absolute Gasteiger partial charge is 0.342 e. The second-order valence-electron chi connectivity index (χ2n) is 3.65. The molecule has 0 bridgehead atoms. The topological polar surface area (TPSA) is 118 Å². The summed E-state index contributed by atoms with van der Waals surface area (Å²) in [6.45, 7) is 0. The number of sulfonamides is 1. The van der Waals surface area contributed by atoms with Crippen LogP contribution in [0.2, 0.25) is 0 Å². The van der Waals surface area contributed by atoms with Gasteiger partial charge in [0.2, 0.25) is 10.0 Å².